The van der Waals surface area contributed by atoms with E-state index in [9.17, 15) is 62.8 Å². The number of anilines is 10. The minimum Gasteiger partial charge on any atom is -0.744 e. The van der Waals surface area contributed by atoms with E-state index in [1.165, 1.54) is 80.6 Å². The molecule has 0 saturated heterocycles. The van der Waals surface area contributed by atoms with Crippen LogP contribution < -0.4 is 235 Å². The molecule has 36 heteroatoms. The fraction of sp³-hybridized carbons (Fsp3) is 0.159. The number of carboxylic acids is 3. The number of aliphatic carboxylic acids is 3. The molecule has 0 aliphatic carbocycles. The van der Waals surface area contributed by atoms with Gasteiger partial charge in [0.25, 0.3) is 0 Å². The normalized spacial score (nSPS) is 11.2. The van der Waals surface area contributed by atoms with E-state index < -0.39 is 64.0 Å². The Labute approximate surface area is 592 Å². The van der Waals surface area contributed by atoms with Gasteiger partial charge in [0, 0.05) is 57.8 Å². The maximum Gasteiger partial charge on any atom is 1.00 e. The molecule has 0 aliphatic rings. The van der Waals surface area contributed by atoms with E-state index in [1.54, 1.807) is 24.3 Å². The zero-order valence-electron chi connectivity index (χ0n) is 44.0. The zero-order chi connectivity index (χ0) is 53.5. The van der Waals surface area contributed by atoms with Crippen LogP contribution in [0.2, 0.25) is 0 Å². The van der Waals surface area contributed by atoms with E-state index in [2.05, 4.69) is 76.1 Å². The number of nitrogens with zero attached hydrogens (tertiary/aromatic N) is 6. The minimum atomic E-state index is -5.25. The molecular formula is C44H36N12Na6O16S2. The molecule has 2 aromatic heterocycles. The molecule has 6 aromatic rings. The summed E-state index contributed by atoms with van der Waals surface area (Å²) in [5.41, 5.74) is 1.82. The van der Waals surface area contributed by atoms with Gasteiger partial charge in [-0.2, -0.15) is 34.2 Å². The summed E-state index contributed by atoms with van der Waals surface area (Å²) < 4.78 is 42.6. The summed E-state index contributed by atoms with van der Waals surface area (Å²) in [7, 11) is -5.25. The first-order valence-corrected chi connectivity index (χ1v) is 23.2. The van der Waals surface area contributed by atoms with Crippen molar-refractivity contribution < 1.29 is 254 Å². The summed E-state index contributed by atoms with van der Waals surface area (Å²) in [6.07, 6.45) is 1.23. The minimum absolute atomic E-state index is 0. The molecule has 2 atom stereocenters. The van der Waals surface area contributed by atoms with Crippen molar-refractivity contribution >= 4 is 122 Å². The molecule has 2 heterocycles. The molecule has 0 amide bonds. The van der Waals surface area contributed by atoms with Crippen molar-refractivity contribution in [2.24, 2.45) is 0 Å². The van der Waals surface area contributed by atoms with Crippen LogP contribution in [0.25, 0.3) is 12.2 Å². The predicted molar refractivity (Wildman–Crippen MR) is 249 cm³/mol. The first kappa shape index (κ1) is 77.2. The van der Waals surface area contributed by atoms with Gasteiger partial charge in [0.05, 0.1) is 41.0 Å². The number of hydrogen-bond donors (Lipinski definition) is 6. The molecule has 28 nitrogen and oxygen atoms in total. The second-order valence-corrected chi connectivity index (χ2v) is 17.2. The van der Waals surface area contributed by atoms with Gasteiger partial charge in [-0.25, -0.2) is 8.42 Å². The number of ketones is 2. The smallest absolute Gasteiger partial charge is 0.744 e. The fourth-order valence-corrected chi connectivity index (χ4v) is 7.51. The summed E-state index contributed by atoms with van der Waals surface area (Å²) in [5.74, 6) is -7.28. The number of rotatable bonds is 27. The van der Waals surface area contributed by atoms with Gasteiger partial charge in [0.15, 0.2) is 11.6 Å². The first-order chi connectivity index (χ1) is 35.3. The molecular weight excluding hydrogens is 1150 g/mol. The largest absolute Gasteiger partial charge is 1.00 e. The van der Waals surface area contributed by atoms with Crippen LogP contribution in [0.15, 0.2) is 94.7 Å². The van der Waals surface area contributed by atoms with Gasteiger partial charge < -0.3 is 81.6 Å². The Hall–Kier alpha value is -2.75. The summed E-state index contributed by atoms with van der Waals surface area (Å²) in [5, 5.41) is 76.2. The number of nitrogens with one attached hydrogen (secondary N) is 6. The number of hydrogen-bond acceptors (Lipinski definition) is 29. The second kappa shape index (κ2) is 37.5. The van der Waals surface area contributed by atoms with Crippen molar-refractivity contribution in [2.75, 3.05) is 38.5 Å². The van der Waals surface area contributed by atoms with Crippen molar-refractivity contribution in [1.82, 2.24) is 29.9 Å². The fourth-order valence-electron chi connectivity index (χ4n) is 6.30. The Balaban J connectivity index is 0.0000104. The third kappa shape index (κ3) is 24.5. The maximum absolute atomic E-state index is 12.7. The molecule has 2 unspecified atom stereocenters. The number of Topliss-reactive ketones (excluding diaryl/α,β-unsaturated/α-hetero) is 2. The molecule has 4 aromatic carbocycles. The molecule has 6 rings (SSSR count). The van der Waals surface area contributed by atoms with Crippen LogP contribution in [0, 0.1) is 0 Å². The third-order valence-electron chi connectivity index (χ3n) is 9.81. The number of carboxylic acid groups (broad SMARTS) is 3. The summed E-state index contributed by atoms with van der Waals surface area (Å²) in [6.45, 7) is 2.25. The Morgan fingerprint density at radius 3 is 1.35 bits per heavy atom. The van der Waals surface area contributed by atoms with Crippen LogP contribution in [0.5, 0.6) is 0 Å². The van der Waals surface area contributed by atoms with Crippen molar-refractivity contribution in [3.63, 3.8) is 0 Å². The molecule has 80 heavy (non-hydrogen) atoms. The number of carbonyl (C=O) groups excluding carboxylic acids is 5. The van der Waals surface area contributed by atoms with E-state index in [-0.39, 0.29) is 252 Å². The first-order valence-electron chi connectivity index (χ1n) is 21.0. The number of carbonyl (C=O) groups is 5. The SMILES string of the molecule is CC(=O)c1ccc(Nc2nc(Nc3ccc(/C=C/c4ccc(Nc5nc(Nc6ccc(C(C)=O)cc6)nc(NC(CC(=O)[O-])C(=O)[O-])n5)cc4S(=O)(=O)[O-])c(SOO[O-])c3)nc(NC(CCO[O-])C(=O)[O-])n2)cc1.[Na+].[Na+].[Na+].[Na+].[Na+].[Na+]. The standard InChI is InChI=1S/C44H42N12O16S2.6Na/c1-22(57)24-5-11-28(12-6-24)45-39-51-41(55-43(53-39)49-32(37(61)62)17-18-70-65)47-30-15-9-26(34(19-30)73-72-71-66)3-4-27-10-16-31(20-35(27)74(67,68)69)48-42-52-40(46-29-13-7-25(8-14-29)23(2)58)54-44(56-42)50-33(38(63)64)21-36(59)60;;;;;;/h3-16,19-20,32-33,65-66H,17-18,21H2,1-2H3,(H,59,60)(H,61,62)(H,63,64)(H,67,68,69)(H3,45,47,49,51,53,55)(H3,46,48,50,52,54,56);;;;;;/q;6*+1/p-6/b4-3+;;;;;;. The Bertz CT molecular complexity index is 3220. The van der Waals surface area contributed by atoms with Crippen LogP contribution in [0.1, 0.15) is 58.5 Å². The quantitative estimate of drug-likeness (QED) is 0.00530. The van der Waals surface area contributed by atoms with Gasteiger partial charge in [-0.1, -0.05) is 24.3 Å². The summed E-state index contributed by atoms with van der Waals surface area (Å²) in [6, 6.07) is 16.8. The van der Waals surface area contributed by atoms with E-state index in [0.29, 0.717) is 34.5 Å². The summed E-state index contributed by atoms with van der Waals surface area (Å²) in [4.78, 5) is 86.7. The topological polar surface area (TPSA) is 435 Å². The summed E-state index contributed by atoms with van der Waals surface area (Å²) >= 11 is 0.425. The van der Waals surface area contributed by atoms with Crippen LogP contribution >= 0.6 is 12.0 Å². The van der Waals surface area contributed by atoms with Gasteiger partial charge in [-0.15, -0.1) is 0 Å². The predicted octanol–water partition coefficient (Wildman–Crippen LogP) is -18.4. The van der Waals surface area contributed by atoms with Gasteiger partial charge in [0.1, 0.15) is 10.1 Å². The van der Waals surface area contributed by atoms with E-state index in [4.69, 9.17) is 0 Å². The average Bonchev–Trinajstić information content (AvgIpc) is 3.34. The second-order valence-electron chi connectivity index (χ2n) is 15.1. The molecule has 0 saturated carbocycles. The molecule has 6 N–H and O–H groups in total. The number of aromatic nitrogens is 6. The molecule has 0 radical (unpaired) electrons. The Morgan fingerprint density at radius 1 is 0.562 bits per heavy atom. The number of benzene rings is 4. The van der Waals surface area contributed by atoms with Crippen LogP contribution in [-0.2, 0) is 38.8 Å². The van der Waals surface area contributed by atoms with Crippen molar-refractivity contribution in [1.29, 1.82) is 0 Å². The van der Waals surface area contributed by atoms with E-state index in [1.807, 2.05) is 0 Å². The monoisotopic (exact) mass is 1190 g/mol. The van der Waals surface area contributed by atoms with Gasteiger partial charge in [-0.3, -0.25) is 14.6 Å². The zero-order valence-corrected chi connectivity index (χ0v) is 57.7. The molecule has 0 fully saturated rings. The van der Waals surface area contributed by atoms with Gasteiger partial charge in [0.2, 0.25) is 35.7 Å². The molecule has 0 spiro atoms. The maximum atomic E-state index is 12.7. The van der Waals surface area contributed by atoms with Crippen LogP contribution in [-0.4, -0.2) is 91.0 Å². The van der Waals surface area contributed by atoms with Crippen molar-refractivity contribution in [2.45, 2.75) is 48.6 Å². The van der Waals surface area contributed by atoms with Gasteiger partial charge in [-0.05, 0) is 104 Å². The van der Waals surface area contributed by atoms with Crippen molar-refractivity contribution in [3.8, 4) is 0 Å². The van der Waals surface area contributed by atoms with Crippen molar-refractivity contribution in [3.05, 3.63) is 107 Å². The average molecular weight is 1190 g/mol. The Kier molecular flexibility index (Phi) is 36.2. The van der Waals surface area contributed by atoms with E-state index in [0.717, 1.165) is 6.07 Å². The molecule has 0 aliphatic heterocycles. The van der Waals surface area contributed by atoms with Gasteiger partial charge >= 0.3 is 177 Å². The third-order valence-corrected chi connectivity index (χ3v) is 11.4. The van der Waals surface area contributed by atoms with E-state index >= 15 is 0 Å². The van der Waals surface area contributed by atoms with Crippen LogP contribution in [0.4, 0.5) is 58.4 Å². The molecule has 0 bridgehead atoms. The Morgan fingerprint density at radius 2 is 0.950 bits per heavy atom. The molecule has 386 valence electrons. The van der Waals surface area contributed by atoms with Crippen LogP contribution in [0.3, 0.4) is 0 Å².